The zero-order valence-corrected chi connectivity index (χ0v) is 19.0. The van der Waals surface area contributed by atoms with Gasteiger partial charge in [0.2, 0.25) is 0 Å². The van der Waals surface area contributed by atoms with E-state index in [4.69, 9.17) is 9.47 Å². The minimum atomic E-state index is 0.309. The first-order chi connectivity index (χ1) is 16.8. The lowest BCUT2D eigenvalue weighted by molar-refractivity contribution is 0.0889. The molecular weight excluding hydrogens is 422 g/mol. The first-order valence-corrected chi connectivity index (χ1v) is 11.6. The molecule has 0 aliphatic heterocycles. The normalized spacial score (nSPS) is 12.9. The van der Waals surface area contributed by atoms with E-state index < -0.39 is 0 Å². The maximum absolute atomic E-state index is 10.00. The zero-order valence-electron chi connectivity index (χ0n) is 19.0. The van der Waals surface area contributed by atoms with Crippen molar-refractivity contribution < 1.29 is 14.6 Å². The van der Waals surface area contributed by atoms with Gasteiger partial charge in [-0.25, -0.2) is 0 Å². The van der Waals surface area contributed by atoms with Crippen LogP contribution in [0, 0.1) is 0 Å². The number of phenols is 1. The SMILES string of the molecule is Oc1ccc2c(c1)CCC(c1ccncc1)=C2c1ccc(OCCOCc2ccccc2)cc1. The van der Waals surface area contributed by atoms with Crippen LogP contribution in [0.2, 0.25) is 0 Å². The summed E-state index contributed by atoms with van der Waals surface area (Å²) in [6.07, 6.45) is 5.48. The summed E-state index contributed by atoms with van der Waals surface area (Å²) in [7, 11) is 0. The Kier molecular flexibility index (Phi) is 6.68. The van der Waals surface area contributed by atoms with Gasteiger partial charge in [-0.05, 0) is 88.2 Å². The van der Waals surface area contributed by atoms with Crippen LogP contribution in [0.1, 0.15) is 34.2 Å². The lowest BCUT2D eigenvalue weighted by atomic mass is 9.80. The highest BCUT2D eigenvalue weighted by Crippen LogP contribution is 2.41. The van der Waals surface area contributed by atoms with E-state index in [9.17, 15) is 5.11 Å². The minimum absolute atomic E-state index is 0.309. The van der Waals surface area contributed by atoms with Gasteiger partial charge in [0.05, 0.1) is 13.2 Å². The quantitative estimate of drug-likeness (QED) is 0.321. The molecule has 1 N–H and O–H groups in total. The second-order valence-electron chi connectivity index (χ2n) is 8.34. The molecule has 4 nitrogen and oxygen atoms in total. The van der Waals surface area contributed by atoms with Gasteiger partial charge in [0.15, 0.2) is 0 Å². The number of pyridine rings is 1. The first kappa shape index (κ1) is 21.9. The van der Waals surface area contributed by atoms with Crippen LogP contribution in [0.3, 0.4) is 0 Å². The summed E-state index contributed by atoms with van der Waals surface area (Å²) in [5.41, 5.74) is 8.30. The fourth-order valence-corrected chi connectivity index (χ4v) is 4.45. The summed E-state index contributed by atoms with van der Waals surface area (Å²) < 4.78 is 11.6. The molecule has 1 heterocycles. The molecule has 5 rings (SSSR count). The summed E-state index contributed by atoms with van der Waals surface area (Å²) in [4.78, 5) is 4.18. The topological polar surface area (TPSA) is 51.6 Å². The molecular formula is C30H27NO3. The third-order valence-electron chi connectivity index (χ3n) is 6.08. The van der Waals surface area contributed by atoms with Gasteiger partial charge in [0, 0.05) is 12.4 Å². The number of fused-ring (bicyclic) bond motifs is 1. The standard InChI is InChI=1S/C30H27NO3/c32-26-9-13-29-25(20-26)8-12-28(23-14-16-31-17-15-23)30(29)24-6-10-27(11-7-24)34-19-18-33-21-22-4-2-1-3-5-22/h1-7,9-11,13-17,20,32H,8,12,18-19,21H2. The molecule has 1 aromatic heterocycles. The molecule has 3 aromatic carbocycles. The number of benzene rings is 3. The van der Waals surface area contributed by atoms with E-state index in [1.165, 1.54) is 27.8 Å². The first-order valence-electron chi connectivity index (χ1n) is 11.6. The van der Waals surface area contributed by atoms with Crippen molar-refractivity contribution in [2.45, 2.75) is 19.4 Å². The van der Waals surface area contributed by atoms with Gasteiger partial charge < -0.3 is 14.6 Å². The predicted molar refractivity (Wildman–Crippen MR) is 135 cm³/mol. The van der Waals surface area contributed by atoms with E-state index >= 15 is 0 Å². The number of rotatable bonds is 8. The highest BCUT2D eigenvalue weighted by molar-refractivity contribution is 6.00. The van der Waals surface area contributed by atoms with E-state index in [0.717, 1.165) is 29.7 Å². The Morgan fingerprint density at radius 1 is 0.765 bits per heavy atom. The van der Waals surface area contributed by atoms with Gasteiger partial charge in [-0.3, -0.25) is 4.98 Å². The van der Waals surface area contributed by atoms with E-state index in [2.05, 4.69) is 41.4 Å². The van der Waals surface area contributed by atoms with Crippen molar-refractivity contribution in [3.8, 4) is 11.5 Å². The van der Waals surface area contributed by atoms with Crippen LogP contribution in [-0.2, 0) is 17.8 Å². The van der Waals surface area contributed by atoms with Crippen molar-refractivity contribution >= 4 is 11.1 Å². The number of nitrogens with zero attached hydrogens (tertiary/aromatic N) is 1. The van der Waals surface area contributed by atoms with Crippen LogP contribution in [0.4, 0.5) is 0 Å². The fraction of sp³-hybridized carbons (Fsp3) is 0.167. The molecule has 0 atom stereocenters. The number of aromatic nitrogens is 1. The monoisotopic (exact) mass is 449 g/mol. The van der Waals surface area contributed by atoms with E-state index in [0.29, 0.717) is 25.6 Å². The molecule has 0 saturated carbocycles. The van der Waals surface area contributed by atoms with Gasteiger partial charge >= 0.3 is 0 Å². The number of aryl methyl sites for hydroxylation is 1. The smallest absolute Gasteiger partial charge is 0.119 e. The van der Waals surface area contributed by atoms with E-state index in [-0.39, 0.29) is 0 Å². The highest BCUT2D eigenvalue weighted by atomic mass is 16.5. The van der Waals surface area contributed by atoms with Crippen molar-refractivity contribution in [2.75, 3.05) is 13.2 Å². The largest absolute Gasteiger partial charge is 0.508 e. The zero-order chi connectivity index (χ0) is 23.2. The summed E-state index contributed by atoms with van der Waals surface area (Å²) in [5, 5.41) is 10.00. The lowest BCUT2D eigenvalue weighted by Gasteiger charge is -2.25. The van der Waals surface area contributed by atoms with Gasteiger partial charge in [-0.15, -0.1) is 0 Å². The summed E-state index contributed by atoms with van der Waals surface area (Å²) in [6.45, 7) is 1.62. The Hall–Kier alpha value is -3.89. The van der Waals surface area contributed by atoms with Crippen LogP contribution in [0.5, 0.6) is 11.5 Å². The Balaban J connectivity index is 1.32. The average molecular weight is 450 g/mol. The van der Waals surface area contributed by atoms with Gasteiger partial charge in [-0.2, -0.15) is 0 Å². The molecule has 170 valence electrons. The molecule has 1 aliphatic carbocycles. The van der Waals surface area contributed by atoms with Crippen molar-refractivity contribution in [1.29, 1.82) is 0 Å². The second kappa shape index (κ2) is 10.4. The van der Waals surface area contributed by atoms with Gasteiger partial charge in [-0.1, -0.05) is 48.5 Å². The van der Waals surface area contributed by atoms with Crippen LogP contribution < -0.4 is 4.74 Å². The molecule has 1 aliphatic rings. The summed E-state index contributed by atoms with van der Waals surface area (Å²) in [6, 6.07) is 28.2. The van der Waals surface area contributed by atoms with Crippen LogP contribution >= 0.6 is 0 Å². The average Bonchev–Trinajstić information content (AvgIpc) is 2.89. The Bertz CT molecular complexity index is 1270. The van der Waals surface area contributed by atoms with E-state index in [1.54, 1.807) is 6.07 Å². The third-order valence-corrected chi connectivity index (χ3v) is 6.08. The maximum atomic E-state index is 10.00. The molecule has 0 unspecified atom stereocenters. The van der Waals surface area contributed by atoms with Crippen molar-refractivity contribution in [3.05, 3.63) is 125 Å². The maximum Gasteiger partial charge on any atom is 0.119 e. The summed E-state index contributed by atoms with van der Waals surface area (Å²) in [5.74, 6) is 1.13. The van der Waals surface area contributed by atoms with Gasteiger partial charge in [0.25, 0.3) is 0 Å². The molecule has 4 aromatic rings. The number of aromatic hydroxyl groups is 1. The number of phenolic OH excluding ortho intramolecular Hbond substituents is 1. The van der Waals surface area contributed by atoms with E-state index in [1.807, 2.05) is 54.9 Å². The van der Waals surface area contributed by atoms with Crippen molar-refractivity contribution in [3.63, 3.8) is 0 Å². The highest BCUT2D eigenvalue weighted by Gasteiger charge is 2.22. The van der Waals surface area contributed by atoms with Crippen LogP contribution in [0.25, 0.3) is 11.1 Å². The fourth-order valence-electron chi connectivity index (χ4n) is 4.45. The molecule has 0 fully saturated rings. The summed E-state index contributed by atoms with van der Waals surface area (Å²) >= 11 is 0. The van der Waals surface area contributed by atoms with Crippen molar-refractivity contribution in [2.24, 2.45) is 0 Å². The Labute approximate surface area is 200 Å². The number of ether oxygens (including phenoxy) is 2. The molecule has 0 amide bonds. The molecule has 0 radical (unpaired) electrons. The number of allylic oxidation sites excluding steroid dienone is 1. The minimum Gasteiger partial charge on any atom is -0.508 e. The van der Waals surface area contributed by atoms with Gasteiger partial charge in [0.1, 0.15) is 18.1 Å². The Morgan fingerprint density at radius 2 is 1.56 bits per heavy atom. The molecule has 0 spiro atoms. The Morgan fingerprint density at radius 3 is 2.35 bits per heavy atom. The number of hydrogen-bond acceptors (Lipinski definition) is 4. The molecule has 34 heavy (non-hydrogen) atoms. The molecule has 0 bridgehead atoms. The third kappa shape index (κ3) is 5.03. The number of hydrogen-bond donors (Lipinski definition) is 1. The lowest BCUT2D eigenvalue weighted by Crippen LogP contribution is -2.07. The predicted octanol–water partition coefficient (Wildman–Crippen LogP) is 6.29. The van der Waals surface area contributed by atoms with Crippen LogP contribution in [-0.4, -0.2) is 23.3 Å². The molecule has 4 heteroatoms. The second-order valence-corrected chi connectivity index (χ2v) is 8.34. The van der Waals surface area contributed by atoms with Crippen LogP contribution in [0.15, 0.2) is 97.3 Å². The van der Waals surface area contributed by atoms with Crippen molar-refractivity contribution in [1.82, 2.24) is 4.98 Å². The molecule has 0 saturated heterocycles.